The molecule has 5 nitrogen and oxygen atoms in total. The summed E-state index contributed by atoms with van der Waals surface area (Å²) >= 11 is 0. The number of aromatic nitrogens is 2. The number of carbonyl (C=O) groups is 1. The van der Waals surface area contributed by atoms with Crippen molar-refractivity contribution in [2.45, 2.75) is 40.0 Å². The second kappa shape index (κ2) is 6.99. The Hall–Kier alpha value is -2.43. The third-order valence-electron chi connectivity index (χ3n) is 4.34. The summed E-state index contributed by atoms with van der Waals surface area (Å²) in [6, 6.07) is 7.72. The molecule has 1 fully saturated rings. The summed E-state index contributed by atoms with van der Waals surface area (Å²) in [6.45, 7) is 7.86. The van der Waals surface area contributed by atoms with Crippen LogP contribution in [-0.2, 0) is 0 Å². The lowest BCUT2D eigenvalue weighted by Gasteiger charge is -2.27. The molecular weight excluding hydrogens is 300 g/mol. The zero-order valence-corrected chi connectivity index (χ0v) is 14.6. The molecule has 2 aromatic rings. The first kappa shape index (κ1) is 16.4. The number of rotatable bonds is 3. The Labute approximate surface area is 143 Å². The molecule has 1 aliphatic rings. The molecule has 1 aliphatic heterocycles. The molecule has 1 aromatic heterocycles. The largest absolute Gasteiger partial charge is 0.341 e. The van der Waals surface area contributed by atoms with Crippen LogP contribution in [-0.4, -0.2) is 29.0 Å². The Kier molecular flexibility index (Phi) is 4.79. The van der Waals surface area contributed by atoms with Gasteiger partial charge in [-0.2, -0.15) is 0 Å². The van der Waals surface area contributed by atoms with Gasteiger partial charge in [-0.15, -0.1) is 0 Å². The van der Waals surface area contributed by atoms with E-state index >= 15 is 0 Å². The van der Waals surface area contributed by atoms with Gasteiger partial charge < -0.3 is 10.2 Å². The van der Waals surface area contributed by atoms with Crippen LogP contribution in [0.2, 0.25) is 0 Å². The molecule has 1 amide bonds. The molecule has 0 atom stereocenters. The monoisotopic (exact) mass is 324 g/mol. The summed E-state index contributed by atoms with van der Waals surface area (Å²) in [4.78, 5) is 23.8. The molecule has 0 spiro atoms. The van der Waals surface area contributed by atoms with Gasteiger partial charge in [-0.25, -0.2) is 9.97 Å². The number of piperidine rings is 1. The highest BCUT2D eigenvalue weighted by Gasteiger charge is 2.17. The van der Waals surface area contributed by atoms with E-state index in [-0.39, 0.29) is 5.91 Å². The van der Waals surface area contributed by atoms with E-state index in [0.717, 1.165) is 42.9 Å². The fraction of sp³-hybridized carbons (Fsp3) is 0.421. The first-order valence-electron chi connectivity index (χ1n) is 8.52. The summed E-state index contributed by atoms with van der Waals surface area (Å²) in [5.41, 5.74) is 4.28. The number of nitrogens with zero attached hydrogens (tertiary/aromatic N) is 3. The quantitative estimate of drug-likeness (QED) is 0.936. The van der Waals surface area contributed by atoms with Gasteiger partial charge in [0, 0.05) is 24.5 Å². The van der Waals surface area contributed by atoms with Crippen molar-refractivity contribution in [2.75, 3.05) is 23.3 Å². The summed E-state index contributed by atoms with van der Waals surface area (Å²) in [5, 5.41) is 2.96. The fourth-order valence-corrected chi connectivity index (χ4v) is 3.04. The van der Waals surface area contributed by atoms with Crippen molar-refractivity contribution in [3.05, 3.63) is 46.8 Å². The van der Waals surface area contributed by atoms with Gasteiger partial charge in [0.05, 0.1) is 0 Å². The molecule has 0 radical (unpaired) electrons. The summed E-state index contributed by atoms with van der Waals surface area (Å²) in [5.74, 6) is 0.478. The van der Waals surface area contributed by atoms with Crippen molar-refractivity contribution in [1.29, 1.82) is 0 Å². The van der Waals surface area contributed by atoms with Crippen molar-refractivity contribution in [2.24, 2.45) is 0 Å². The van der Waals surface area contributed by atoms with E-state index in [1.807, 2.05) is 32.9 Å². The van der Waals surface area contributed by atoms with Crippen molar-refractivity contribution in [3.63, 3.8) is 0 Å². The number of amides is 1. The van der Waals surface area contributed by atoms with Gasteiger partial charge in [-0.05, 0) is 57.7 Å². The van der Waals surface area contributed by atoms with Gasteiger partial charge in [0.15, 0.2) is 0 Å². The standard InChI is InChI=1S/C19H24N4O/c1-13-7-8-16(14(2)11-13)21-18(24)17-12-15(3)20-19(22-17)23-9-5-4-6-10-23/h7-8,11-12H,4-6,9-10H2,1-3H3,(H,21,24). The third kappa shape index (κ3) is 3.72. The normalized spacial score (nSPS) is 14.5. The molecule has 1 saturated heterocycles. The molecule has 24 heavy (non-hydrogen) atoms. The van der Waals surface area contributed by atoms with Crippen LogP contribution in [0.3, 0.4) is 0 Å². The number of anilines is 2. The molecule has 5 heteroatoms. The van der Waals surface area contributed by atoms with Gasteiger partial charge >= 0.3 is 0 Å². The van der Waals surface area contributed by atoms with E-state index in [4.69, 9.17) is 0 Å². The second-order valence-corrected chi connectivity index (χ2v) is 6.51. The number of aryl methyl sites for hydroxylation is 3. The van der Waals surface area contributed by atoms with Crippen LogP contribution in [0.1, 0.15) is 46.6 Å². The lowest BCUT2D eigenvalue weighted by atomic mass is 10.1. The minimum atomic E-state index is -0.189. The third-order valence-corrected chi connectivity index (χ3v) is 4.34. The predicted octanol–water partition coefficient (Wildman–Crippen LogP) is 3.64. The molecular formula is C19H24N4O. The van der Waals surface area contributed by atoms with E-state index in [1.54, 1.807) is 6.07 Å². The Morgan fingerprint density at radius 2 is 1.79 bits per heavy atom. The van der Waals surface area contributed by atoms with Crippen LogP contribution in [0.25, 0.3) is 0 Å². The van der Waals surface area contributed by atoms with Crippen LogP contribution in [0.15, 0.2) is 24.3 Å². The van der Waals surface area contributed by atoms with Gasteiger partial charge in [0.1, 0.15) is 5.69 Å². The van der Waals surface area contributed by atoms with E-state index < -0.39 is 0 Å². The smallest absolute Gasteiger partial charge is 0.274 e. The summed E-state index contributed by atoms with van der Waals surface area (Å²) in [7, 11) is 0. The summed E-state index contributed by atoms with van der Waals surface area (Å²) in [6.07, 6.45) is 3.56. The molecule has 0 bridgehead atoms. The lowest BCUT2D eigenvalue weighted by molar-refractivity contribution is 0.102. The number of hydrogen-bond acceptors (Lipinski definition) is 4. The maximum absolute atomic E-state index is 12.6. The van der Waals surface area contributed by atoms with E-state index in [2.05, 4.69) is 26.3 Å². The van der Waals surface area contributed by atoms with Crippen LogP contribution >= 0.6 is 0 Å². The topological polar surface area (TPSA) is 58.1 Å². The van der Waals surface area contributed by atoms with Crippen molar-refractivity contribution in [3.8, 4) is 0 Å². The van der Waals surface area contributed by atoms with Crippen LogP contribution in [0, 0.1) is 20.8 Å². The van der Waals surface area contributed by atoms with Gasteiger partial charge in [-0.1, -0.05) is 17.7 Å². The van der Waals surface area contributed by atoms with E-state index in [9.17, 15) is 4.79 Å². The average Bonchev–Trinajstić information content (AvgIpc) is 2.57. The number of hydrogen-bond donors (Lipinski definition) is 1. The highest BCUT2D eigenvalue weighted by molar-refractivity contribution is 6.03. The molecule has 0 unspecified atom stereocenters. The fourth-order valence-electron chi connectivity index (χ4n) is 3.04. The van der Waals surface area contributed by atoms with Crippen molar-refractivity contribution < 1.29 is 4.79 Å². The molecule has 0 aliphatic carbocycles. The van der Waals surface area contributed by atoms with Crippen molar-refractivity contribution >= 4 is 17.5 Å². The SMILES string of the molecule is Cc1ccc(NC(=O)c2cc(C)nc(N3CCCCC3)n2)c(C)c1. The number of carbonyl (C=O) groups excluding carboxylic acids is 1. The first-order valence-corrected chi connectivity index (χ1v) is 8.52. The maximum Gasteiger partial charge on any atom is 0.274 e. The van der Waals surface area contributed by atoms with Gasteiger partial charge in [-0.3, -0.25) is 4.79 Å². The van der Waals surface area contributed by atoms with Crippen LogP contribution < -0.4 is 10.2 Å². The lowest BCUT2D eigenvalue weighted by Crippen LogP contribution is -2.31. The van der Waals surface area contributed by atoms with E-state index in [0.29, 0.717) is 11.6 Å². The van der Waals surface area contributed by atoms with Crippen LogP contribution in [0.5, 0.6) is 0 Å². The first-order chi connectivity index (χ1) is 11.5. The Morgan fingerprint density at radius 3 is 2.50 bits per heavy atom. The van der Waals surface area contributed by atoms with Gasteiger partial charge in [0.2, 0.25) is 5.95 Å². The minimum Gasteiger partial charge on any atom is -0.341 e. The highest BCUT2D eigenvalue weighted by Crippen LogP contribution is 2.19. The predicted molar refractivity (Wildman–Crippen MR) is 96.7 cm³/mol. The number of benzene rings is 1. The molecule has 1 aromatic carbocycles. The summed E-state index contributed by atoms with van der Waals surface area (Å²) < 4.78 is 0. The Bertz CT molecular complexity index is 751. The molecule has 3 rings (SSSR count). The van der Waals surface area contributed by atoms with Gasteiger partial charge in [0.25, 0.3) is 5.91 Å². The molecule has 0 saturated carbocycles. The zero-order chi connectivity index (χ0) is 17.1. The Morgan fingerprint density at radius 1 is 1.04 bits per heavy atom. The average molecular weight is 324 g/mol. The molecule has 2 heterocycles. The Balaban J connectivity index is 1.82. The molecule has 126 valence electrons. The number of nitrogens with one attached hydrogen (secondary N) is 1. The second-order valence-electron chi connectivity index (χ2n) is 6.51. The van der Waals surface area contributed by atoms with Crippen molar-refractivity contribution in [1.82, 2.24) is 9.97 Å². The highest BCUT2D eigenvalue weighted by atomic mass is 16.1. The van der Waals surface area contributed by atoms with Crippen LogP contribution in [0.4, 0.5) is 11.6 Å². The maximum atomic E-state index is 12.6. The zero-order valence-electron chi connectivity index (χ0n) is 14.6. The van der Waals surface area contributed by atoms with E-state index in [1.165, 1.54) is 12.0 Å². The molecule has 1 N–H and O–H groups in total. The minimum absolute atomic E-state index is 0.189.